The molecule has 2 aromatic rings. The second kappa shape index (κ2) is 9.18. The topological polar surface area (TPSA) is 128 Å². The molecule has 0 bridgehead atoms. The lowest BCUT2D eigenvalue weighted by Crippen LogP contribution is -2.33. The Balaban J connectivity index is 1.91. The summed E-state index contributed by atoms with van der Waals surface area (Å²) >= 11 is 0. The molecule has 0 aliphatic carbocycles. The SMILES string of the molecule is CC(C)(O)C1CCN(c2cnc(C(F)(F)F)c(NC(=O)c3cccc(/C(C=N)=C/N)n3)c2)C1. The van der Waals surface area contributed by atoms with E-state index in [2.05, 4.69) is 15.3 Å². The molecule has 1 atom stereocenters. The minimum absolute atomic E-state index is 0.0524. The molecular weight excluding hydrogens is 437 g/mol. The molecule has 176 valence electrons. The van der Waals surface area contributed by atoms with Crippen LogP contribution in [0.5, 0.6) is 0 Å². The Morgan fingerprint density at radius 3 is 2.61 bits per heavy atom. The molecule has 1 amide bonds. The van der Waals surface area contributed by atoms with Gasteiger partial charge in [0.2, 0.25) is 0 Å². The molecule has 1 unspecified atom stereocenters. The number of allylic oxidation sites excluding steroid dienone is 1. The van der Waals surface area contributed by atoms with Crippen molar-refractivity contribution in [2.45, 2.75) is 32.0 Å². The monoisotopic (exact) mass is 462 g/mol. The number of anilines is 2. The van der Waals surface area contributed by atoms with Crippen LogP contribution in [-0.2, 0) is 6.18 Å². The maximum atomic E-state index is 13.6. The number of alkyl halides is 3. The number of nitrogens with one attached hydrogen (secondary N) is 2. The summed E-state index contributed by atoms with van der Waals surface area (Å²) in [6.45, 7) is 4.38. The van der Waals surface area contributed by atoms with Crippen LogP contribution in [0.2, 0.25) is 0 Å². The average Bonchev–Trinajstić information content (AvgIpc) is 3.25. The standard InChI is InChI=1S/C22H25F3N6O2/c1-21(2,33)14-6-7-31(12-14)15-8-18(19(28-11-15)22(23,24)25)30-20(32)17-5-3-4-16(29-17)13(9-26)10-27/h3-5,8-11,14,26,33H,6-7,12,27H2,1-2H3,(H,30,32)/b13-10+,26-9?. The van der Waals surface area contributed by atoms with Crippen LogP contribution < -0.4 is 16.0 Å². The van der Waals surface area contributed by atoms with E-state index in [0.29, 0.717) is 25.2 Å². The Kier molecular flexibility index (Phi) is 6.73. The first-order chi connectivity index (χ1) is 15.4. The Hall–Kier alpha value is -3.47. The molecule has 1 fully saturated rings. The number of hydrogen-bond donors (Lipinski definition) is 4. The third kappa shape index (κ3) is 5.48. The van der Waals surface area contributed by atoms with Gasteiger partial charge in [0.25, 0.3) is 5.91 Å². The summed E-state index contributed by atoms with van der Waals surface area (Å²) in [5, 5.41) is 19.9. The molecule has 0 aromatic carbocycles. The number of rotatable bonds is 6. The molecule has 33 heavy (non-hydrogen) atoms. The van der Waals surface area contributed by atoms with Crippen LogP contribution in [0.3, 0.4) is 0 Å². The average molecular weight is 462 g/mol. The molecule has 5 N–H and O–H groups in total. The maximum Gasteiger partial charge on any atom is 0.435 e. The van der Waals surface area contributed by atoms with Gasteiger partial charge in [-0.05, 0) is 38.5 Å². The second-order valence-electron chi connectivity index (χ2n) is 8.30. The van der Waals surface area contributed by atoms with Crippen molar-refractivity contribution in [3.8, 4) is 0 Å². The molecule has 11 heteroatoms. The van der Waals surface area contributed by atoms with Crippen molar-refractivity contribution in [3.63, 3.8) is 0 Å². The van der Waals surface area contributed by atoms with Crippen molar-refractivity contribution >= 4 is 29.1 Å². The molecule has 1 aliphatic heterocycles. The van der Waals surface area contributed by atoms with Gasteiger partial charge < -0.3 is 26.5 Å². The highest BCUT2D eigenvalue weighted by molar-refractivity contribution is 6.08. The number of aliphatic hydroxyl groups is 1. The van der Waals surface area contributed by atoms with Crippen molar-refractivity contribution in [1.29, 1.82) is 5.41 Å². The zero-order valence-corrected chi connectivity index (χ0v) is 18.1. The van der Waals surface area contributed by atoms with Crippen LogP contribution in [0.25, 0.3) is 5.57 Å². The van der Waals surface area contributed by atoms with Crippen molar-refractivity contribution in [2.75, 3.05) is 23.3 Å². The number of carbonyl (C=O) groups excluding carboxylic acids is 1. The van der Waals surface area contributed by atoms with Gasteiger partial charge >= 0.3 is 6.18 Å². The van der Waals surface area contributed by atoms with Gasteiger partial charge in [0.1, 0.15) is 5.69 Å². The largest absolute Gasteiger partial charge is 0.435 e. The van der Waals surface area contributed by atoms with Gasteiger partial charge in [-0.1, -0.05) is 6.07 Å². The molecule has 8 nitrogen and oxygen atoms in total. The fourth-order valence-corrected chi connectivity index (χ4v) is 3.63. The smallest absolute Gasteiger partial charge is 0.404 e. The van der Waals surface area contributed by atoms with Crippen LogP contribution >= 0.6 is 0 Å². The molecule has 2 aromatic heterocycles. The van der Waals surface area contributed by atoms with Gasteiger partial charge in [-0.3, -0.25) is 4.79 Å². The van der Waals surface area contributed by atoms with Gasteiger partial charge in [-0.15, -0.1) is 0 Å². The van der Waals surface area contributed by atoms with Crippen LogP contribution in [-0.4, -0.2) is 45.9 Å². The normalized spacial score (nSPS) is 17.2. The van der Waals surface area contributed by atoms with E-state index in [4.69, 9.17) is 11.1 Å². The lowest BCUT2D eigenvalue weighted by atomic mass is 9.90. The van der Waals surface area contributed by atoms with E-state index < -0.39 is 29.1 Å². The van der Waals surface area contributed by atoms with Crippen LogP contribution in [0.1, 0.15) is 42.1 Å². The quantitative estimate of drug-likeness (QED) is 0.488. The minimum Gasteiger partial charge on any atom is -0.404 e. The summed E-state index contributed by atoms with van der Waals surface area (Å²) in [5.41, 5.74) is 3.54. The van der Waals surface area contributed by atoms with Gasteiger partial charge in [-0.2, -0.15) is 13.2 Å². The fourth-order valence-electron chi connectivity index (χ4n) is 3.63. The number of amides is 1. The predicted molar refractivity (Wildman–Crippen MR) is 119 cm³/mol. The number of pyridine rings is 2. The van der Waals surface area contributed by atoms with Gasteiger partial charge in [0.05, 0.1) is 28.9 Å². The van der Waals surface area contributed by atoms with Gasteiger partial charge in [0, 0.05) is 37.0 Å². The van der Waals surface area contributed by atoms with E-state index in [1.165, 1.54) is 24.3 Å². The molecular formula is C22H25F3N6O2. The molecule has 3 heterocycles. The van der Waals surface area contributed by atoms with Crippen molar-refractivity contribution in [2.24, 2.45) is 11.7 Å². The summed E-state index contributed by atoms with van der Waals surface area (Å²) in [7, 11) is 0. The van der Waals surface area contributed by atoms with E-state index in [-0.39, 0.29) is 22.9 Å². The van der Waals surface area contributed by atoms with Crippen molar-refractivity contribution in [3.05, 3.63) is 53.7 Å². The Bertz CT molecular complexity index is 1080. The number of halogens is 3. The van der Waals surface area contributed by atoms with Crippen LogP contribution in [0, 0.1) is 11.3 Å². The van der Waals surface area contributed by atoms with E-state index in [1.54, 1.807) is 13.8 Å². The molecule has 1 saturated heterocycles. The summed E-state index contributed by atoms with van der Waals surface area (Å²) in [5.74, 6) is -0.915. The van der Waals surface area contributed by atoms with Crippen molar-refractivity contribution in [1.82, 2.24) is 9.97 Å². The van der Waals surface area contributed by atoms with E-state index in [0.717, 1.165) is 18.6 Å². The Morgan fingerprint density at radius 2 is 2.03 bits per heavy atom. The van der Waals surface area contributed by atoms with Crippen molar-refractivity contribution < 1.29 is 23.1 Å². The summed E-state index contributed by atoms with van der Waals surface area (Å²) in [6.07, 6.45) is -0.897. The first kappa shape index (κ1) is 24.2. The first-order valence-electron chi connectivity index (χ1n) is 10.2. The lowest BCUT2D eigenvalue weighted by molar-refractivity contribution is -0.140. The Morgan fingerprint density at radius 1 is 1.33 bits per heavy atom. The predicted octanol–water partition coefficient (Wildman–Crippen LogP) is 3.29. The van der Waals surface area contributed by atoms with E-state index >= 15 is 0 Å². The van der Waals surface area contributed by atoms with Crippen LogP contribution in [0.15, 0.2) is 36.7 Å². The molecule has 0 spiro atoms. The highest BCUT2D eigenvalue weighted by atomic mass is 19.4. The van der Waals surface area contributed by atoms with E-state index in [9.17, 15) is 23.1 Å². The maximum absolute atomic E-state index is 13.6. The highest BCUT2D eigenvalue weighted by Crippen LogP contribution is 2.37. The van der Waals surface area contributed by atoms with E-state index in [1.807, 2.05) is 4.90 Å². The highest BCUT2D eigenvalue weighted by Gasteiger charge is 2.38. The van der Waals surface area contributed by atoms with Gasteiger partial charge in [0.15, 0.2) is 5.69 Å². The number of hydrogen-bond acceptors (Lipinski definition) is 7. The zero-order chi connectivity index (χ0) is 24.4. The molecule has 0 radical (unpaired) electrons. The fraction of sp³-hybridized carbons (Fsp3) is 0.364. The second-order valence-corrected chi connectivity index (χ2v) is 8.30. The number of nitrogens with zero attached hydrogens (tertiary/aromatic N) is 3. The summed E-state index contributed by atoms with van der Waals surface area (Å²) < 4.78 is 40.7. The molecule has 0 saturated carbocycles. The third-order valence-electron chi connectivity index (χ3n) is 5.55. The molecule has 1 aliphatic rings. The number of aromatic nitrogens is 2. The number of nitrogens with two attached hydrogens (primary N) is 1. The first-order valence-corrected chi connectivity index (χ1v) is 10.2. The third-order valence-corrected chi connectivity index (χ3v) is 5.55. The Labute approximate surface area is 188 Å². The number of carbonyl (C=O) groups is 1. The summed E-state index contributed by atoms with van der Waals surface area (Å²) in [6, 6.07) is 5.59. The molecule has 3 rings (SSSR count). The van der Waals surface area contributed by atoms with Crippen LogP contribution in [0.4, 0.5) is 24.5 Å². The lowest BCUT2D eigenvalue weighted by Gasteiger charge is -2.26. The minimum atomic E-state index is -4.79. The van der Waals surface area contributed by atoms with Gasteiger partial charge in [-0.25, -0.2) is 9.97 Å². The summed E-state index contributed by atoms with van der Waals surface area (Å²) in [4.78, 5) is 22.2. The zero-order valence-electron chi connectivity index (χ0n) is 18.1.